The van der Waals surface area contributed by atoms with Crippen molar-refractivity contribution >= 4 is 16.9 Å². The Bertz CT molecular complexity index is 1060. The van der Waals surface area contributed by atoms with Crippen molar-refractivity contribution in [2.24, 2.45) is 5.92 Å². The Hall–Kier alpha value is -3.02. The van der Waals surface area contributed by atoms with E-state index in [4.69, 9.17) is 14.5 Å². The number of amides is 1. The highest BCUT2D eigenvalue weighted by Crippen LogP contribution is 2.26. The molecule has 0 atom stereocenters. The van der Waals surface area contributed by atoms with Crippen LogP contribution in [0.1, 0.15) is 57.2 Å². The minimum absolute atomic E-state index is 0.219. The van der Waals surface area contributed by atoms with Crippen molar-refractivity contribution < 1.29 is 14.3 Å². The van der Waals surface area contributed by atoms with Gasteiger partial charge >= 0.3 is 0 Å². The number of aromatic nitrogens is 2. The molecule has 182 valence electrons. The molecule has 2 aromatic carbocycles. The van der Waals surface area contributed by atoms with Crippen LogP contribution < -0.4 is 14.8 Å². The van der Waals surface area contributed by atoms with Gasteiger partial charge in [0, 0.05) is 25.4 Å². The maximum atomic E-state index is 12.4. The Balaban J connectivity index is 1.27. The van der Waals surface area contributed by atoms with E-state index in [1.807, 2.05) is 30.3 Å². The summed E-state index contributed by atoms with van der Waals surface area (Å²) in [5, 5.41) is 3.16. The second-order valence-electron chi connectivity index (χ2n) is 9.10. The number of hydrogen-bond donors (Lipinski definition) is 1. The standard InChI is InChI=1S/C28H37N3O3/c1-33-25-16-7-8-17-26(25)34-21-10-9-20-31-24-15-6-5-14-23(24)30-27(31)18-11-19-29-28(32)22-12-3-2-4-13-22/h5-8,14-17,22H,2-4,9-13,18-21H2,1H3,(H,29,32). The average molecular weight is 464 g/mol. The van der Waals surface area contributed by atoms with Crippen LogP contribution in [0.3, 0.4) is 0 Å². The number of unbranched alkanes of at least 4 members (excludes halogenated alkanes) is 1. The van der Waals surface area contributed by atoms with Crippen molar-refractivity contribution in [2.45, 2.75) is 64.3 Å². The van der Waals surface area contributed by atoms with Crippen LogP contribution in [-0.2, 0) is 17.8 Å². The molecule has 0 saturated heterocycles. The first kappa shape index (κ1) is 24.1. The monoisotopic (exact) mass is 463 g/mol. The van der Waals surface area contributed by atoms with E-state index in [0.29, 0.717) is 13.2 Å². The topological polar surface area (TPSA) is 65.4 Å². The number of para-hydroxylation sites is 4. The number of carbonyl (C=O) groups is 1. The van der Waals surface area contributed by atoms with Gasteiger partial charge in [-0.2, -0.15) is 0 Å². The summed E-state index contributed by atoms with van der Waals surface area (Å²) < 4.78 is 13.6. The largest absolute Gasteiger partial charge is 0.493 e. The van der Waals surface area contributed by atoms with E-state index >= 15 is 0 Å². The van der Waals surface area contributed by atoms with Crippen LogP contribution in [0.5, 0.6) is 11.5 Å². The molecule has 1 aromatic heterocycles. The molecule has 6 nitrogen and oxygen atoms in total. The summed E-state index contributed by atoms with van der Waals surface area (Å²) in [6, 6.07) is 16.1. The normalized spacial score (nSPS) is 14.3. The smallest absolute Gasteiger partial charge is 0.223 e. The van der Waals surface area contributed by atoms with Crippen molar-refractivity contribution in [1.82, 2.24) is 14.9 Å². The zero-order valence-corrected chi connectivity index (χ0v) is 20.3. The fourth-order valence-electron chi connectivity index (χ4n) is 4.83. The third-order valence-electron chi connectivity index (χ3n) is 6.69. The first-order valence-electron chi connectivity index (χ1n) is 12.7. The number of fused-ring (bicyclic) bond motifs is 1. The van der Waals surface area contributed by atoms with E-state index in [1.165, 1.54) is 24.8 Å². The fraction of sp³-hybridized carbons (Fsp3) is 0.500. The number of aryl methyl sites for hydroxylation is 2. The Kier molecular flexibility index (Phi) is 8.83. The molecule has 1 N–H and O–H groups in total. The lowest BCUT2D eigenvalue weighted by atomic mass is 9.89. The molecule has 1 amide bonds. The van der Waals surface area contributed by atoms with Gasteiger partial charge in [0.2, 0.25) is 5.91 Å². The lowest BCUT2D eigenvalue weighted by Crippen LogP contribution is -2.32. The molecule has 0 spiro atoms. The van der Waals surface area contributed by atoms with Gasteiger partial charge in [-0.15, -0.1) is 0 Å². The van der Waals surface area contributed by atoms with Gasteiger partial charge in [-0.1, -0.05) is 43.5 Å². The van der Waals surface area contributed by atoms with Gasteiger partial charge in [0.1, 0.15) is 5.82 Å². The summed E-state index contributed by atoms with van der Waals surface area (Å²) in [5.41, 5.74) is 2.21. The molecular formula is C28H37N3O3. The van der Waals surface area contributed by atoms with Crippen LogP contribution in [0.4, 0.5) is 0 Å². The molecule has 1 fully saturated rings. The Morgan fingerprint density at radius 1 is 1.00 bits per heavy atom. The second-order valence-corrected chi connectivity index (χ2v) is 9.10. The van der Waals surface area contributed by atoms with Gasteiger partial charge in [-0.25, -0.2) is 4.98 Å². The lowest BCUT2D eigenvalue weighted by Gasteiger charge is -2.20. The molecule has 34 heavy (non-hydrogen) atoms. The van der Waals surface area contributed by atoms with Gasteiger partial charge < -0.3 is 19.4 Å². The van der Waals surface area contributed by atoms with E-state index in [2.05, 4.69) is 28.1 Å². The SMILES string of the molecule is COc1ccccc1OCCCCn1c(CCCNC(=O)C2CCCCC2)nc2ccccc21. The number of nitrogens with one attached hydrogen (secondary N) is 1. The number of carbonyl (C=O) groups excluding carboxylic acids is 1. The summed E-state index contributed by atoms with van der Waals surface area (Å²) in [7, 11) is 1.66. The summed E-state index contributed by atoms with van der Waals surface area (Å²) in [5.74, 6) is 3.11. The van der Waals surface area contributed by atoms with Gasteiger partial charge in [0.25, 0.3) is 0 Å². The van der Waals surface area contributed by atoms with Crippen molar-refractivity contribution in [3.8, 4) is 11.5 Å². The number of methoxy groups -OCH3 is 1. The highest BCUT2D eigenvalue weighted by atomic mass is 16.5. The van der Waals surface area contributed by atoms with Gasteiger partial charge in [0.05, 0.1) is 24.8 Å². The Labute approximate surface area is 202 Å². The number of rotatable bonds is 12. The van der Waals surface area contributed by atoms with Crippen molar-refractivity contribution in [2.75, 3.05) is 20.3 Å². The predicted octanol–water partition coefficient (Wildman–Crippen LogP) is 5.53. The molecule has 3 aromatic rings. The van der Waals surface area contributed by atoms with E-state index in [-0.39, 0.29) is 11.8 Å². The highest BCUT2D eigenvalue weighted by molar-refractivity contribution is 5.78. The number of benzene rings is 2. The van der Waals surface area contributed by atoms with Gasteiger partial charge in [-0.3, -0.25) is 4.79 Å². The fourth-order valence-corrected chi connectivity index (χ4v) is 4.83. The highest BCUT2D eigenvalue weighted by Gasteiger charge is 2.20. The molecule has 0 unspecified atom stereocenters. The third-order valence-corrected chi connectivity index (χ3v) is 6.69. The number of nitrogens with zero attached hydrogens (tertiary/aromatic N) is 2. The van der Waals surface area contributed by atoms with E-state index in [0.717, 1.165) is 67.9 Å². The second kappa shape index (κ2) is 12.4. The summed E-state index contributed by atoms with van der Waals surface area (Å²) in [6.45, 7) is 2.26. The van der Waals surface area contributed by atoms with Crippen LogP contribution in [-0.4, -0.2) is 35.7 Å². The lowest BCUT2D eigenvalue weighted by molar-refractivity contribution is -0.125. The van der Waals surface area contributed by atoms with Gasteiger partial charge in [-0.05, 0) is 56.4 Å². The number of imidazole rings is 1. The van der Waals surface area contributed by atoms with Crippen LogP contribution in [0.25, 0.3) is 11.0 Å². The van der Waals surface area contributed by atoms with Crippen molar-refractivity contribution in [1.29, 1.82) is 0 Å². The zero-order valence-electron chi connectivity index (χ0n) is 20.3. The number of ether oxygens (including phenoxy) is 2. The van der Waals surface area contributed by atoms with E-state index in [9.17, 15) is 4.79 Å². The summed E-state index contributed by atoms with van der Waals surface area (Å²) in [4.78, 5) is 17.3. The maximum absolute atomic E-state index is 12.4. The van der Waals surface area contributed by atoms with Crippen molar-refractivity contribution in [3.63, 3.8) is 0 Å². The number of hydrogen-bond acceptors (Lipinski definition) is 4. The van der Waals surface area contributed by atoms with Crippen LogP contribution in [0.15, 0.2) is 48.5 Å². The van der Waals surface area contributed by atoms with Crippen molar-refractivity contribution in [3.05, 3.63) is 54.4 Å². The Morgan fingerprint density at radius 3 is 2.59 bits per heavy atom. The maximum Gasteiger partial charge on any atom is 0.223 e. The molecule has 6 heteroatoms. The minimum atomic E-state index is 0.219. The molecule has 1 aliphatic rings. The molecular weight excluding hydrogens is 426 g/mol. The molecule has 0 aliphatic heterocycles. The quantitative estimate of drug-likeness (QED) is 0.359. The zero-order chi connectivity index (χ0) is 23.6. The minimum Gasteiger partial charge on any atom is -0.493 e. The Morgan fingerprint density at radius 2 is 1.76 bits per heavy atom. The van der Waals surface area contributed by atoms with Crippen LogP contribution >= 0.6 is 0 Å². The summed E-state index contributed by atoms with van der Waals surface area (Å²) in [6.07, 6.45) is 9.44. The van der Waals surface area contributed by atoms with Gasteiger partial charge in [0.15, 0.2) is 11.5 Å². The molecule has 1 saturated carbocycles. The first-order chi connectivity index (χ1) is 16.8. The first-order valence-corrected chi connectivity index (χ1v) is 12.7. The molecule has 4 rings (SSSR count). The van der Waals surface area contributed by atoms with Crippen LogP contribution in [0.2, 0.25) is 0 Å². The molecule has 1 heterocycles. The molecule has 0 radical (unpaired) electrons. The predicted molar refractivity (Wildman–Crippen MR) is 135 cm³/mol. The van der Waals surface area contributed by atoms with Crippen LogP contribution in [0, 0.1) is 5.92 Å². The average Bonchev–Trinajstić information content (AvgIpc) is 3.24. The third kappa shape index (κ3) is 6.31. The van der Waals surface area contributed by atoms with E-state index in [1.54, 1.807) is 7.11 Å². The molecule has 0 bridgehead atoms. The molecule has 1 aliphatic carbocycles. The van der Waals surface area contributed by atoms with E-state index < -0.39 is 0 Å². The summed E-state index contributed by atoms with van der Waals surface area (Å²) >= 11 is 0.